The molecule has 0 heterocycles. The highest BCUT2D eigenvalue weighted by Gasteiger charge is 2.17. The Morgan fingerprint density at radius 3 is 2.39 bits per heavy atom. The van der Waals surface area contributed by atoms with Gasteiger partial charge in [-0.2, -0.15) is 0 Å². The molecule has 5 nitrogen and oxygen atoms in total. The Hall–Kier alpha value is -3.03. The predicted molar refractivity (Wildman–Crippen MR) is 106 cm³/mol. The van der Waals surface area contributed by atoms with Gasteiger partial charge in [0.2, 0.25) is 10.0 Å². The van der Waals surface area contributed by atoms with Gasteiger partial charge in [-0.3, -0.25) is 4.79 Å². The van der Waals surface area contributed by atoms with Crippen LogP contribution in [0.15, 0.2) is 77.7 Å². The topological polar surface area (TPSA) is 75.3 Å². The Kier molecular flexibility index (Phi) is 5.87. The van der Waals surface area contributed by atoms with Gasteiger partial charge in [-0.05, 0) is 43.3 Å². The fraction of sp³-hybridized carbons (Fsp3) is 0.0952. The van der Waals surface area contributed by atoms with Crippen LogP contribution in [0.1, 0.15) is 21.5 Å². The fourth-order valence-electron chi connectivity index (χ4n) is 2.54. The van der Waals surface area contributed by atoms with Crippen molar-refractivity contribution in [3.05, 3.63) is 95.3 Å². The minimum absolute atomic E-state index is 0.0691. The number of carbonyl (C=O) groups is 1. The molecule has 0 saturated heterocycles. The Morgan fingerprint density at radius 2 is 1.68 bits per heavy atom. The molecule has 0 radical (unpaired) electrons. The highest BCUT2D eigenvalue weighted by atomic mass is 32.2. The molecule has 0 fully saturated rings. The van der Waals surface area contributed by atoms with Crippen molar-refractivity contribution in [3.63, 3.8) is 0 Å². The van der Waals surface area contributed by atoms with Gasteiger partial charge >= 0.3 is 0 Å². The summed E-state index contributed by atoms with van der Waals surface area (Å²) in [4.78, 5) is 12.4. The predicted octanol–water partition coefficient (Wildman–Crippen LogP) is 3.86. The Labute approximate surface area is 163 Å². The van der Waals surface area contributed by atoms with E-state index in [9.17, 15) is 17.6 Å². The molecule has 2 N–H and O–H groups in total. The lowest BCUT2D eigenvalue weighted by Crippen LogP contribution is -2.24. The molecule has 0 saturated carbocycles. The maximum atomic E-state index is 13.7. The van der Waals surface area contributed by atoms with Gasteiger partial charge in [0.1, 0.15) is 5.82 Å². The first kappa shape index (κ1) is 19.7. The first-order valence-corrected chi connectivity index (χ1v) is 10.0. The van der Waals surface area contributed by atoms with Gasteiger partial charge in [0.15, 0.2) is 0 Å². The minimum Gasteiger partial charge on any atom is -0.322 e. The number of nitrogens with one attached hydrogen (secondary N) is 2. The molecule has 0 bridgehead atoms. The van der Waals surface area contributed by atoms with Crippen LogP contribution in [0.2, 0.25) is 0 Å². The molecule has 0 aromatic heterocycles. The van der Waals surface area contributed by atoms with Crippen molar-refractivity contribution in [2.75, 3.05) is 5.32 Å². The van der Waals surface area contributed by atoms with E-state index >= 15 is 0 Å². The van der Waals surface area contributed by atoms with Crippen LogP contribution in [0.3, 0.4) is 0 Å². The number of aryl methyl sites for hydroxylation is 1. The molecule has 0 aliphatic carbocycles. The van der Waals surface area contributed by atoms with E-state index in [-0.39, 0.29) is 22.6 Å². The SMILES string of the molecule is Cc1ccc(NC(=O)c2cccc(S(=O)(=O)NCc3ccccc3F)c2)cc1. The van der Waals surface area contributed by atoms with E-state index in [1.54, 1.807) is 18.2 Å². The normalized spacial score (nSPS) is 11.2. The summed E-state index contributed by atoms with van der Waals surface area (Å²) in [5, 5.41) is 2.73. The van der Waals surface area contributed by atoms with Crippen molar-refractivity contribution < 1.29 is 17.6 Å². The van der Waals surface area contributed by atoms with Crippen LogP contribution >= 0.6 is 0 Å². The van der Waals surface area contributed by atoms with Crippen LogP contribution in [0.4, 0.5) is 10.1 Å². The third-order valence-corrected chi connectivity index (χ3v) is 5.53. The second kappa shape index (κ2) is 8.33. The third-order valence-electron chi connectivity index (χ3n) is 4.13. The van der Waals surface area contributed by atoms with E-state index in [4.69, 9.17) is 0 Å². The maximum absolute atomic E-state index is 13.7. The minimum atomic E-state index is -3.91. The number of benzene rings is 3. The van der Waals surface area contributed by atoms with Crippen molar-refractivity contribution in [1.29, 1.82) is 0 Å². The van der Waals surface area contributed by atoms with E-state index in [1.165, 1.54) is 42.5 Å². The maximum Gasteiger partial charge on any atom is 0.255 e. The molecule has 1 amide bonds. The van der Waals surface area contributed by atoms with Gasteiger partial charge < -0.3 is 5.32 Å². The average molecular weight is 398 g/mol. The highest BCUT2D eigenvalue weighted by Crippen LogP contribution is 2.15. The zero-order valence-corrected chi connectivity index (χ0v) is 16.0. The van der Waals surface area contributed by atoms with Crippen LogP contribution in [0, 0.1) is 12.7 Å². The smallest absolute Gasteiger partial charge is 0.255 e. The summed E-state index contributed by atoms with van der Waals surface area (Å²) >= 11 is 0. The molecule has 3 rings (SSSR count). The van der Waals surface area contributed by atoms with Crippen LogP contribution in [-0.4, -0.2) is 14.3 Å². The molecule has 28 heavy (non-hydrogen) atoms. The number of sulfonamides is 1. The number of halogens is 1. The lowest BCUT2D eigenvalue weighted by atomic mass is 10.2. The Balaban J connectivity index is 1.75. The van der Waals surface area contributed by atoms with Gasteiger partial charge in [0, 0.05) is 23.4 Å². The zero-order valence-electron chi connectivity index (χ0n) is 15.1. The van der Waals surface area contributed by atoms with Gasteiger partial charge in [0.05, 0.1) is 4.90 Å². The van der Waals surface area contributed by atoms with Crippen LogP contribution in [0.5, 0.6) is 0 Å². The lowest BCUT2D eigenvalue weighted by molar-refractivity contribution is 0.102. The molecule has 0 aliphatic rings. The van der Waals surface area contributed by atoms with Gasteiger partial charge in [-0.15, -0.1) is 0 Å². The van der Waals surface area contributed by atoms with Gasteiger partial charge in [-0.1, -0.05) is 42.0 Å². The van der Waals surface area contributed by atoms with Crippen molar-refractivity contribution in [1.82, 2.24) is 4.72 Å². The summed E-state index contributed by atoms with van der Waals surface area (Å²) in [6, 6.07) is 18.9. The first-order valence-electron chi connectivity index (χ1n) is 8.56. The van der Waals surface area contributed by atoms with E-state index in [0.717, 1.165) is 5.56 Å². The molecular weight excluding hydrogens is 379 g/mol. The third kappa shape index (κ3) is 4.82. The monoisotopic (exact) mass is 398 g/mol. The lowest BCUT2D eigenvalue weighted by Gasteiger charge is -2.10. The molecule has 144 valence electrons. The quantitative estimate of drug-likeness (QED) is 0.662. The molecule has 0 unspecified atom stereocenters. The van der Waals surface area contributed by atoms with E-state index < -0.39 is 21.7 Å². The molecule has 0 spiro atoms. The largest absolute Gasteiger partial charge is 0.322 e. The van der Waals surface area contributed by atoms with E-state index in [0.29, 0.717) is 5.69 Å². The summed E-state index contributed by atoms with van der Waals surface area (Å²) < 4.78 is 41.1. The van der Waals surface area contributed by atoms with Crippen LogP contribution in [0.25, 0.3) is 0 Å². The number of hydrogen-bond acceptors (Lipinski definition) is 3. The summed E-state index contributed by atoms with van der Waals surface area (Å²) in [6.45, 7) is 1.75. The second-order valence-electron chi connectivity index (χ2n) is 6.26. The fourth-order valence-corrected chi connectivity index (χ4v) is 3.59. The average Bonchev–Trinajstić information content (AvgIpc) is 2.69. The Bertz CT molecular complexity index is 1100. The van der Waals surface area contributed by atoms with Crippen LogP contribution < -0.4 is 10.0 Å². The van der Waals surface area contributed by atoms with Crippen molar-refractivity contribution in [2.45, 2.75) is 18.4 Å². The standard InChI is InChI=1S/C21H19FN2O3S/c1-15-9-11-18(12-10-15)24-21(25)16-6-4-7-19(13-16)28(26,27)23-14-17-5-2-3-8-20(17)22/h2-13,23H,14H2,1H3,(H,24,25). The molecule has 0 atom stereocenters. The van der Waals surface area contributed by atoms with Crippen LogP contribution in [-0.2, 0) is 16.6 Å². The summed E-state index contributed by atoms with van der Waals surface area (Å²) in [7, 11) is -3.91. The second-order valence-corrected chi connectivity index (χ2v) is 8.03. The van der Waals surface area contributed by atoms with Crippen molar-refractivity contribution >= 4 is 21.6 Å². The molecular formula is C21H19FN2O3S. The number of anilines is 1. The molecule has 7 heteroatoms. The summed E-state index contributed by atoms with van der Waals surface area (Å²) in [5.41, 5.74) is 2.11. The van der Waals surface area contributed by atoms with E-state index in [1.807, 2.05) is 19.1 Å². The number of hydrogen-bond donors (Lipinski definition) is 2. The molecule has 0 aliphatic heterocycles. The zero-order chi connectivity index (χ0) is 20.1. The number of carbonyl (C=O) groups excluding carboxylic acids is 1. The first-order chi connectivity index (χ1) is 13.3. The highest BCUT2D eigenvalue weighted by molar-refractivity contribution is 7.89. The van der Waals surface area contributed by atoms with Gasteiger partial charge in [0.25, 0.3) is 5.91 Å². The number of amides is 1. The van der Waals surface area contributed by atoms with Crippen molar-refractivity contribution in [3.8, 4) is 0 Å². The van der Waals surface area contributed by atoms with Gasteiger partial charge in [-0.25, -0.2) is 17.5 Å². The summed E-state index contributed by atoms with van der Waals surface area (Å²) in [5.74, 6) is -0.911. The number of rotatable bonds is 6. The van der Waals surface area contributed by atoms with E-state index in [2.05, 4.69) is 10.0 Å². The van der Waals surface area contributed by atoms with Crippen molar-refractivity contribution in [2.24, 2.45) is 0 Å². The summed E-state index contributed by atoms with van der Waals surface area (Å²) in [6.07, 6.45) is 0. The molecule has 3 aromatic rings. The molecule has 3 aromatic carbocycles. The Morgan fingerprint density at radius 1 is 0.964 bits per heavy atom.